The van der Waals surface area contributed by atoms with Gasteiger partial charge >= 0.3 is 0 Å². The number of anilines is 1. The highest BCUT2D eigenvalue weighted by molar-refractivity contribution is 7.09. The van der Waals surface area contributed by atoms with Crippen LogP contribution in [-0.4, -0.2) is 21.3 Å². The Bertz CT molecular complexity index is 186. The standard InChI is InChI=1S/C6H10ClN3S/c1-2-5(3-7)10-6-8-4-9-11-6/h4-5H,2-3H2,1H3,(H,8,9,10). The summed E-state index contributed by atoms with van der Waals surface area (Å²) in [6, 6.07) is 0.310. The highest BCUT2D eigenvalue weighted by Gasteiger charge is 2.04. The predicted octanol–water partition coefficient (Wildman–Crippen LogP) is 1.97. The molecule has 0 saturated heterocycles. The zero-order valence-electron chi connectivity index (χ0n) is 6.25. The second-order valence-electron chi connectivity index (χ2n) is 2.15. The van der Waals surface area contributed by atoms with E-state index in [4.69, 9.17) is 11.6 Å². The maximum Gasteiger partial charge on any atom is 0.202 e. The summed E-state index contributed by atoms with van der Waals surface area (Å²) >= 11 is 7.03. The first-order valence-corrected chi connectivity index (χ1v) is 4.76. The van der Waals surface area contributed by atoms with E-state index in [0.29, 0.717) is 11.9 Å². The molecule has 1 aromatic rings. The lowest BCUT2D eigenvalue weighted by molar-refractivity contribution is 0.769. The Morgan fingerprint density at radius 1 is 1.82 bits per heavy atom. The smallest absolute Gasteiger partial charge is 0.202 e. The second kappa shape index (κ2) is 4.51. The van der Waals surface area contributed by atoms with Gasteiger partial charge in [-0.3, -0.25) is 0 Å². The molecular weight excluding hydrogens is 182 g/mol. The van der Waals surface area contributed by atoms with E-state index in [1.807, 2.05) is 0 Å². The van der Waals surface area contributed by atoms with Gasteiger partial charge in [-0.1, -0.05) is 6.92 Å². The minimum absolute atomic E-state index is 0.310. The van der Waals surface area contributed by atoms with Crippen LogP contribution < -0.4 is 5.32 Å². The van der Waals surface area contributed by atoms with E-state index in [-0.39, 0.29) is 0 Å². The van der Waals surface area contributed by atoms with Gasteiger partial charge in [0.25, 0.3) is 0 Å². The molecular formula is C6H10ClN3S. The van der Waals surface area contributed by atoms with Gasteiger partial charge in [0.2, 0.25) is 5.13 Å². The predicted molar refractivity (Wildman–Crippen MR) is 48.3 cm³/mol. The largest absolute Gasteiger partial charge is 0.356 e. The fourth-order valence-electron chi connectivity index (χ4n) is 0.661. The molecule has 0 fully saturated rings. The SMILES string of the molecule is CCC(CCl)Nc1ncns1. The Morgan fingerprint density at radius 2 is 2.64 bits per heavy atom. The molecule has 0 bridgehead atoms. The van der Waals surface area contributed by atoms with Crippen LogP contribution in [0.2, 0.25) is 0 Å². The van der Waals surface area contributed by atoms with Gasteiger partial charge in [-0.25, -0.2) is 4.98 Å². The molecule has 62 valence electrons. The maximum atomic E-state index is 5.68. The van der Waals surface area contributed by atoms with E-state index in [9.17, 15) is 0 Å². The first kappa shape index (κ1) is 8.74. The third-order valence-corrected chi connectivity index (χ3v) is 2.34. The number of nitrogens with one attached hydrogen (secondary N) is 1. The molecule has 1 aromatic heterocycles. The van der Waals surface area contributed by atoms with Crippen LogP contribution in [-0.2, 0) is 0 Å². The Labute approximate surface area is 75.0 Å². The van der Waals surface area contributed by atoms with E-state index >= 15 is 0 Å². The van der Waals surface area contributed by atoms with Crippen molar-refractivity contribution in [1.82, 2.24) is 9.36 Å². The molecule has 5 heteroatoms. The summed E-state index contributed by atoms with van der Waals surface area (Å²) in [5, 5.41) is 4.02. The topological polar surface area (TPSA) is 37.8 Å². The van der Waals surface area contributed by atoms with E-state index in [1.54, 1.807) is 0 Å². The fraction of sp³-hybridized carbons (Fsp3) is 0.667. The van der Waals surface area contributed by atoms with Gasteiger partial charge < -0.3 is 5.32 Å². The van der Waals surface area contributed by atoms with Gasteiger partial charge in [-0.05, 0) is 6.42 Å². The summed E-state index contributed by atoms with van der Waals surface area (Å²) in [6.07, 6.45) is 2.54. The highest BCUT2D eigenvalue weighted by Crippen LogP contribution is 2.10. The molecule has 0 spiro atoms. The molecule has 0 radical (unpaired) electrons. The van der Waals surface area contributed by atoms with E-state index < -0.39 is 0 Å². The minimum Gasteiger partial charge on any atom is -0.356 e. The zero-order chi connectivity index (χ0) is 8.10. The van der Waals surface area contributed by atoms with E-state index in [1.165, 1.54) is 17.9 Å². The molecule has 0 aliphatic carbocycles. The van der Waals surface area contributed by atoms with Crippen LogP contribution in [0.25, 0.3) is 0 Å². The van der Waals surface area contributed by atoms with Crippen molar-refractivity contribution in [3.8, 4) is 0 Å². The van der Waals surface area contributed by atoms with Crippen molar-refractivity contribution < 1.29 is 0 Å². The summed E-state index contributed by atoms with van der Waals surface area (Å²) in [7, 11) is 0. The zero-order valence-corrected chi connectivity index (χ0v) is 7.82. The fourth-order valence-corrected chi connectivity index (χ4v) is 1.46. The van der Waals surface area contributed by atoms with Gasteiger partial charge in [-0.2, -0.15) is 4.37 Å². The van der Waals surface area contributed by atoms with Gasteiger partial charge in [0.1, 0.15) is 6.33 Å². The molecule has 11 heavy (non-hydrogen) atoms. The Kier molecular flexibility index (Phi) is 3.59. The minimum atomic E-state index is 0.310. The van der Waals surface area contributed by atoms with Crippen LogP contribution in [0.3, 0.4) is 0 Å². The number of halogens is 1. The molecule has 1 N–H and O–H groups in total. The molecule has 1 unspecified atom stereocenters. The maximum absolute atomic E-state index is 5.68. The lowest BCUT2D eigenvalue weighted by Crippen LogP contribution is -2.19. The van der Waals surface area contributed by atoms with E-state index in [2.05, 4.69) is 21.6 Å². The van der Waals surface area contributed by atoms with Gasteiger partial charge in [0.15, 0.2) is 0 Å². The molecule has 1 heterocycles. The third-order valence-electron chi connectivity index (χ3n) is 1.37. The Balaban J connectivity index is 2.41. The van der Waals surface area contributed by atoms with Crippen molar-refractivity contribution in [3.05, 3.63) is 6.33 Å². The molecule has 0 amide bonds. The summed E-state index contributed by atoms with van der Waals surface area (Å²) in [5.41, 5.74) is 0. The van der Waals surface area contributed by atoms with Gasteiger partial charge in [0, 0.05) is 23.5 Å². The van der Waals surface area contributed by atoms with Crippen molar-refractivity contribution in [1.29, 1.82) is 0 Å². The van der Waals surface area contributed by atoms with Crippen LogP contribution in [0.15, 0.2) is 6.33 Å². The van der Waals surface area contributed by atoms with Gasteiger partial charge in [0.05, 0.1) is 0 Å². The number of hydrogen-bond donors (Lipinski definition) is 1. The number of rotatable bonds is 4. The van der Waals surface area contributed by atoms with Crippen LogP contribution in [0.4, 0.5) is 5.13 Å². The Hall–Kier alpha value is -0.350. The van der Waals surface area contributed by atoms with Crippen molar-refractivity contribution >= 4 is 28.3 Å². The Morgan fingerprint density at radius 3 is 3.09 bits per heavy atom. The number of aromatic nitrogens is 2. The van der Waals surface area contributed by atoms with Crippen molar-refractivity contribution in [3.63, 3.8) is 0 Å². The quantitative estimate of drug-likeness (QED) is 0.740. The summed E-state index contributed by atoms with van der Waals surface area (Å²) < 4.78 is 3.87. The number of alkyl halides is 1. The van der Waals surface area contributed by atoms with Crippen molar-refractivity contribution in [2.45, 2.75) is 19.4 Å². The third kappa shape index (κ3) is 2.63. The molecule has 1 rings (SSSR count). The van der Waals surface area contributed by atoms with Crippen LogP contribution in [0.5, 0.6) is 0 Å². The molecule has 1 atom stereocenters. The first-order chi connectivity index (χ1) is 5.36. The molecule has 0 aliphatic rings. The van der Waals surface area contributed by atoms with Crippen LogP contribution >= 0.6 is 23.1 Å². The molecule has 0 saturated carbocycles. The monoisotopic (exact) mass is 191 g/mol. The lowest BCUT2D eigenvalue weighted by Gasteiger charge is -2.10. The molecule has 0 aromatic carbocycles. The van der Waals surface area contributed by atoms with Crippen LogP contribution in [0, 0.1) is 0 Å². The first-order valence-electron chi connectivity index (χ1n) is 3.46. The molecule has 3 nitrogen and oxygen atoms in total. The number of nitrogens with zero attached hydrogens (tertiary/aromatic N) is 2. The lowest BCUT2D eigenvalue weighted by atomic mass is 10.3. The van der Waals surface area contributed by atoms with Crippen molar-refractivity contribution in [2.24, 2.45) is 0 Å². The summed E-state index contributed by atoms with van der Waals surface area (Å²) in [4.78, 5) is 3.99. The molecule has 0 aliphatic heterocycles. The average molecular weight is 192 g/mol. The normalized spacial score (nSPS) is 12.9. The summed E-state index contributed by atoms with van der Waals surface area (Å²) in [6.45, 7) is 2.08. The highest BCUT2D eigenvalue weighted by atomic mass is 35.5. The van der Waals surface area contributed by atoms with Gasteiger partial charge in [-0.15, -0.1) is 11.6 Å². The summed E-state index contributed by atoms with van der Waals surface area (Å²) in [5.74, 6) is 0.607. The van der Waals surface area contributed by atoms with Crippen molar-refractivity contribution in [2.75, 3.05) is 11.2 Å². The second-order valence-corrected chi connectivity index (χ2v) is 3.24. The van der Waals surface area contributed by atoms with E-state index in [0.717, 1.165) is 11.6 Å². The number of hydrogen-bond acceptors (Lipinski definition) is 4. The van der Waals surface area contributed by atoms with Crippen LogP contribution in [0.1, 0.15) is 13.3 Å². The average Bonchev–Trinajstić information content (AvgIpc) is 2.52.